The van der Waals surface area contributed by atoms with Crippen molar-refractivity contribution in [1.29, 1.82) is 0 Å². The fourth-order valence-corrected chi connectivity index (χ4v) is 5.96. The van der Waals surface area contributed by atoms with E-state index in [0.29, 0.717) is 33.5 Å². The normalized spacial score (nSPS) is 11.9. The minimum absolute atomic E-state index is 0.219. The van der Waals surface area contributed by atoms with Gasteiger partial charge in [0.2, 0.25) is 10.0 Å². The molecule has 1 amide bonds. The van der Waals surface area contributed by atoms with Gasteiger partial charge in [-0.25, -0.2) is 13.4 Å². The van der Waals surface area contributed by atoms with Gasteiger partial charge in [0.25, 0.3) is 5.91 Å². The van der Waals surface area contributed by atoms with Crippen LogP contribution < -0.4 is 5.32 Å². The predicted molar refractivity (Wildman–Crippen MR) is 123 cm³/mol. The molecule has 0 saturated heterocycles. The van der Waals surface area contributed by atoms with E-state index in [1.807, 2.05) is 13.8 Å². The number of hydrogen-bond acceptors (Lipinski definition) is 5. The maximum atomic E-state index is 13.0. The summed E-state index contributed by atoms with van der Waals surface area (Å²) in [5, 5.41) is 3.72. The van der Waals surface area contributed by atoms with Crippen molar-refractivity contribution in [3.05, 3.63) is 52.0 Å². The number of fused-ring (bicyclic) bond motifs is 1. The monoisotopic (exact) mass is 485 g/mol. The number of carbonyl (C=O) groups excluding carboxylic acids is 1. The van der Waals surface area contributed by atoms with Gasteiger partial charge in [0, 0.05) is 18.1 Å². The first kappa shape index (κ1) is 23.0. The van der Waals surface area contributed by atoms with Crippen LogP contribution in [0.3, 0.4) is 0 Å². The van der Waals surface area contributed by atoms with Gasteiger partial charge in [-0.05, 0) is 49.2 Å². The van der Waals surface area contributed by atoms with Crippen LogP contribution in [0, 0.1) is 0 Å². The number of nitrogens with one attached hydrogen (secondary N) is 1. The lowest BCUT2D eigenvalue weighted by Gasteiger charge is -2.20. The Labute approximate surface area is 189 Å². The first-order valence-electron chi connectivity index (χ1n) is 9.43. The largest absolute Gasteiger partial charge is 0.298 e. The quantitative estimate of drug-likeness (QED) is 0.445. The molecule has 0 aliphatic rings. The molecule has 0 fully saturated rings. The van der Waals surface area contributed by atoms with E-state index in [4.69, 9.17) is 23.2 Å². The van der Waals surface area contributed by atoms with Crippen molar-refractivity contribution >= 4 is 65.8 Å². The molecule has 30 heavy (non-hydrogen) atoms. The molecule has 6 nitrogen and oxygen atoms in total. The summed E-state index contributed by atoms with van der Waals surface area (Å²) in [6, 6.07) is 9.43. The Hall–Kier alpha value is -1.71. The molecule has 1 N–H and O–H groups in total. The fraction of sp³-hybridized carbons (Fsp3) is 0.300. The second-order valence-electron chi connectivity index (χ2n) is 6.63. The van der Waals surface area contributed by atoms with Crippen LogP contribution >= 0.6 is 34.5 Å². The molecule has 0 saturated carbocycles. The van der Waals surface area contributed by atoms with Crippen LogP contribution in [0.25, 0.3) is 10.2 Å². The number of amides is 1. The van der Waals surface area contributed by atoms with Crippen LogP contribution in [0.15, 0.2) is 41.3 Å². The Morgan fingerprint density at radius 1 is 1.10 bits per heavy atom. The molecule has 0 aliphatic heterocycles. The number of rotatable bonds is 8. The van der Waals surface area contributed by atoms with Gasteiger partial charge in [0.05, 0.1) is 25.7 Å². The zero-order valence-corrected chi connectivity index (χ0v) is 19.6. The number of nitrogens with zero attached hydrogens (tertiary/aromatic N) is 2. The van der Waals surface area contributed by atoms with Gasteiger partial charge < -0.3 is 0 Å². The molecule has 0 bridgehead atoms. The van der Waals surface area contributed by atoms with E-state index >= 15 is 0 Å². The van der Waals surface area contributed by atoms with E-state index in [0.717, 1.165) is 12.8 Å². The molecule has 2 aromatic carbocycles. The Kier molecular flexibility index (Phi) is 7.36. The molecule has 3 aromatic rings. The number of halogens is 2. The number of aromatic nitrogens is 1. The first-order chi connectivity index (χ1) is 14.3. The molecule has 1 heterocycles. The van der Waals surface area contributed by atoms with Crippen molar-refractivity contribution < 1.29 is 13.2 Å². The van der Waals surface area contributed by atoms with Crippen LogP contribution in [0.1, 0.15) is 37.0 Å². The maximum Gasteiger partial charge on any atom is 0.259 e. The van der Waals surface area contributed by atoms with Crippen LogP contribution in [0.2, 0.25) is 10.0 Å². The number of sulfonamides is 1. The van der Waals surface area contributed by atoms with Crippen LogP contribution in [-0.4, -0.2) is 36.7 Å². The summed E-state index contributed by atoms with van der Waals surface area (Å²) in [4.78, 5) is 17.1. The maximum absolute atomic E-state index is 13.0. The summed E-state index contributed by atoms with van der Waals surface area (Å²) in [6.07, 6.45) is 1.48. The van der Waals surface area contributed by atoms with Crippen molar-refractivity contribution in [1.82, 2.24) is 9.29 Å². The highest BCUT2D eigenvalue weighted by atomic mass is 35.5. The van der Waals surface area contributed by atoms with E-state index in [2.05, 4.69) is 10.3 Å². The lowest BCUT2D eigenvalue weighted by atomic mass is 10.2. The van der Waals surface area contributed by atoms with Crippen molar-refractivity contribution in [3.63, 3.8) is 0 Å². The highest BCUT2D eigenvalue weighted by Gasteiger charge is 2.24. The second-order valence-corrected chi connectivity index (χ2v) is 10.4. The Morgan fingerprint density at radius 2 is 1.80 bits per heavy atom. The molecule has 160 valence electrons. The van der Waals surface area contributed by atoms with Gasteiger partial charge in [-0.15, -0.1) is 0 Å². The number of benzene rings is 2. The van der Waals surface area contributed by atoms with Crippen LogP contribution in [-0.2, 0) is 10.0 Å². The number of thiazole rings is 1. The van der Waals surface area contributed by atoms with Crippen molar-refractivity contribution in [2.24, 2.45) is 0 Å². The van der Waals surface area contributed by atoms with Crippen LogP contribution in [0.5, 0.6) is 0 Å². The number of hydrogen-bond donors (Lipinski definition) is 1. The topological polar surface area (TPSA) is 79.4 Å². The molecular weight excluding hydrogens is 465 g/mol. The fourth-order valence-electron chi connectivity index (χ4n) is 2.95. The number of anilines is 1. The van der Waals surface area contributed by atoms with Crippen molar-refractivity contribution in [2.45, 2.75) is 31.6 Å². The molecule has 0 radical (unpaired) electrons. The lowest BCUT2D eigenvalue weighted by molar-refractivity contribution is 0.102. The highest BCUT2D eigenvalue weighted by molar-refractivity contribution is 7.89. The molecule has 3 rings (SSSR count). The van der Waals surface area contributed by atoms with Crippen LogP contribution in [0.4, 0.5) is 5.13 Å². The zero-order valence-electron chi connectivity index (χ0n) is 16.5. The third-order valence-corrected chi connectivity index (χ3v) is 7.73. The summed E-state index contributed by atoms with van der Waals surface area (Å²) in [5.74, 6) is -0.438. The smallest absolute Gasteiger partial charge is 0.259 e. The summed E-state index contributed by atoms with van der Waals surface area (Å²) < 4.78 is 28.2. The minimum Gasteiger partial charge on any atom is -0.298 e. The van der Waals surface area contributed by atoms with Crippen molar-refractivity contribution in [3.8, 4) is 0 Å². The molecule has 0 spiro atoms. The molecule has 0 unspecified atom stereocenters. The first-order valence-corrected chi connectivity index (χ1v) is 12.4. The van der Waals surface area contributed by atoms with Gasteiger partial charge in [-0.1, -0.05) is 48.4 Å². The Balaban J connectivity index is 1.89. The van der Waals surface area contributed by atoms with E-state index < -0.39 is 15.9 Å². The lowest BCUT2D eigenvalue weighted by Crippen LogP contribution is -2.32. The Morgan fingerprint density at radius 3 is 2.47 bits per heavy atom. The van der Waals surface area contributed by atoms with E-state index in [-0.39, 0.29) is 15.5 Å². The third kappa shape index (κ3) is 4.95. The van der Waals surface area contributed by atoms with Gasteiger partial charge in [0.15, 0.2) is 5.13 Å². The summed E-state index contributed by atoms with van der Waals surface area (Å²) in [5.41, 5.74) is 0.838. The van der Waals surface area contributed by atoms with Gasteiger partial charge in [-0.2, -0.15) is 4.31 Å². The van der Waals surface area contributed by atoms with E-state index in [1.54, 1.807) is 30.3 Å². The summed E-state index contributed by atoms with van der Waals surface area (Å²) in [7, 11) is -3.59. The van der Waals surface area contributed by atoms with E-state index in [1.165, 1.54) is 21.7 Å². The standard InChI is InChI=1S/C20H21Cl2N3O3S2/c1-3-9-25(10-4-2)30(27,28)14-6-8-17-18(12-14)29-20(23-17)24-19(26)15-11-13(21)5-7-16(15)22/h5-8,11-12H,3-4,9-10H2,1-2H3,(H,23,24,26). The molecule has 0 aliphatic carbocycles. The second kappa shape index (κ2) is 9.62. The third-order valence-electron chi connectivity index (χ3n) is 4.34. The average molecular weight is 486 g/mol. The van der Waals surface area contributed by atoms with Crippen molar-refractivity contribution in [2.75, 3.05) is 18.4 Å². The highest BCUT2D eigenvalue weighted by Crippen LogP contribution is 2.30. The molecule has 10 heteroatoms. The number of carbonyl (C=O) groups is 1. The minimum atomic E-state index is -3.59. The summed E-state index contributed by atoms with van der Waals surface area (Å²) >= 11 is 13.2. The molecular formula is C20H21Cl2N3O3S2. The molecule has 1 aromatic heterocycles. The van der Waals surface area contributed by atoms with Gasteiger partial charge >= 0.3 is 0 Å². The van der Waals surface area contributed by atoms with Gasteiger partial charge in [0.1, 0.15) is 0 Å². The SMILES string of the molecule is CCCN(CCC)S(=O)(=O)c1ccc2nc(NC(=O)c3cc(Cl)ccc3Cl)sc2c1. The zero-order chi connectivity index (χ0) is 21.9. The average Bonchev–Trinajstić information content (AvgIpc) is 3.10. The summed E-state index contributed by atoms with van der Waals surface area (Å²) in [6.45, 7) is 4.84. The predicted octanol–water partition coefficient (Wildman–Crippen LogP) is 5.67. The van der Waals surface area contributed by atoms with E-state index in [9.17, 15) is 13.2 Å². The van der Waals surface area contributed by atoms with Gasteiger partial charge in [-0.3, -0.25) is 10.1 Å². The molecule has 0 atom stereocenters. The Bertz CT molecular complexity index is 1170.